The Kier molecular flexibility index (Phi) is 4.64. The number of halogens is 5. The number of pyridine rings is 1. The molecule has 1 unspecified atom stereocenters. The zero-order chi connectivity index (χ0) is 20.9. The molecule has 0 amide bonds. The fraction of sp³-hybridized carbons (Fsp3) is 0.474. The monoisotopic (exact) mass is 412 g/mol. The van der Waals surface area contributed by atoms with E-state index in [1.807, 2.05) is 0 Å². The molecule has 0 aromatic carbocycles. The lowest BCUT2D eigenvalue weighted by Crippen LogP contribution is -2.30. The predicted molar refractivity (Wildman–Crippen MR) is 92.0 cm³/mol. The fourth-order valence-electron chi connectivity index (χ4n) is 3.71. The van der Waals surface area contributed by atoms with Crippen molar-refractivity contribution in [1.82, 2.24) is 20.3 Å². The van der Waals surface area contributed by atoms with Crippen molar-refractivity contribution in [3.8, 4) is 11.3 Å². The minimum Gasteiger partial charge on any atom is -0.307 e. The first-order chi connectivity index (χ1) is 13.6. The molecule has 1 aliphatic carbocycles. The van der Waals surface area contributed by atoms with Gasteiger partial charge in [0.1, 0.15) is 17.8 Å². The van der Waals surface area contributed by atoms with E-state index in [-0.39, 0.29) is 38.0 Å². The van der Waals surface area contributed by atoms with E-state index < -0.39 is 29.2 Å². The molecule has 4 rings (SSSR count). The summed E-state index contributed by atoms with van der Waals surface area (Å²) in [7, 11) is 0. The molecular weight excluding hydrogens is 395 g/mol. The van der Waals surface area contributed by atoms with Crippen LogP contribution in [0.1, 0.15) is 30.7 Å². The van der Waals surface area contributed by atoms with Crippen LogP contribution in [-0.4, -0.2) is 39.2 Å². The van der Waals surface area contributed by atoms with Crippen molar-refractivity contribution in [3.63, 3.8) is 0 Å². The van der Waals surface area contributed by atoms with Crippen LogP contribution in [0.25, 0.3) is 11.3 Å². The Morgan fingerprint density at radius 1 is 1.21 bits per heavy atom. The normalized spacial score (nSPS) is 25.3. The molecule has 2 aliphatic rings. The van der Waals surface area contributed by atoms with Crippen molar-refractivity contribution in [2.75, 3.05) is 6.54 Å². The van der Waals surface area contributed by atoms with Gasteiger partial charge in [0.2, 0.25) is 0 Å². The zero-order valence-corrected chi connectivity index (χ0v) is 15.1. The van der Waals surface area contributed by atoms with Gasteiger partial charge in [-0.2, -0.15) is 13.2 Å². The topological polar surface area (TPSA) is 67.8 Å². The molecule has 10 heteroatoms. The quantitative estimate of drug-likeness (QED) is 0.762. The van der Waals surface area contributed by atoms with Crippen LogP contribution in [-0.2, 0) is 17.4 Å². The van der Waals surface area contributed by atoms with Crippen LogP contribution in [0, 0.1) is 5.41 Å². The van der Waals surface area contributed by atoms with Crippen molar-refractivity contribution in [1.29, 1.82) is 0 Å². The number of nitrogens with one attached hydrogen (secondary N) is 1. The molecule has 3 heterocycles. The largest absolute Gasteiger partial charge is 0.433 e. The molecule has 154 valence electrons. The van der Waals surface area contributed by atoms with Gasteiger partial charge in [-0.15, -0.1) is 0 Å². The second kappa shape index (κ2) is 6.79. The van der Waals surface area contributed by atoms with Crippen molar-refractivity contribution in [2.45, 2.75) is 43.8 Å². The Hall–Kier alpha value is -2.49. The van der Waals surface area contributed by atoms with E-state index in [1.165, 1.54) is 12.4 Å². The molecule has 1 N–H and O–H groups in total. The summed E-state index contributed by atoms with van der Waals surface area (Å²) < 4.78 is 64.7. The summed E-state index contributed by atoms with van der Waals surface area (Å²) in [5.41, 5.74) is -0.746. The standard InChI is InChI=1S/C19H17F5N4O/c20-18(21)8-17(18)6-14(26-9-17)15(29)3-2-12-5-13(28-10-27-12)11-1-4-16(25-7-11)19(22,23)24/h1,4-5,7,10,14,26H,2-3,6,8-9H2/t14-,17?/m0/s1. The van der Waals surface area contributed by atoms with Gasteiger partial charge >= 0.3 is 6.18 Å². The highest BCUT2D eigenvalue weighted by Crippen LogP contribution is 2.64. The lowest BCUT2D eigenvalue weighted by atomic mass is 9.97. The van der Waals surface area contributed by atoms with E-state index in [2.05, 4.69) is 20.3 Å². The number of alkyl halides is 5. The van der Waals surface area contributed by atoms with Crippen molar-refractivity contribution >= 4 is 5.78 Å². The summed E-state index contributed by atoms with van der Waals surface area (Å²) >= 11 is 0. The highest BCUT2D eigenvalue weighted by molar-refractivity contribution is 5.84. The van der Waals surface area contributed by atoms with E-state index in [4.69, 9.17) is 0 Å². The van der Waals surface area contributed by atoms with Crippen LogP contribution in [0.4, 0.5) is 22.0 Å². The van der Waals surface area contributed by atoms with E-state index in [9.17, 15) is 26.7 Å². The number of hydrogen-bond donors (Lipinski definition) is 1. The number of hydrogen-bond acceptors (Lipinski definition) is 5. The Bertz CT molecular complexity index is 931. The first kappa shape index (κ1) is 19.8. The summed E-state index contributed by atoms with van der Waals surface area (Å²) in [6.45, 7) is 0.148. The van der Waals surface area contributed by atoms with E-state index in [0.717, 1.165) is 12.3 Å². The molecule has 2 atom stereocenters. The number of aromatic nitrogens is 3. The van der Waals surface area contributed by atoms with Gasteiger partial charge in [-0.05, 0) is 31.0 Å². The van der Waals surface area contributed by atoms with Gasteiger partial charge < -0.3 is 5.32 Å². The summed E-state index contributed by atoms with van der Waals surface area (Å²) in [6.07, 6.45) is -1.80. The highest BCUT2D eigenvalue weighted by Gasteiger charge is 2.73. The average Bonchev–Trinajstić information content (AvgIpc) is 3.00. The molecule has 1 aliphatic heterocycles. The molecule has 0 radical (unpaired) electrons. The maximum Gasteiger partial charge on any atom is 0.433 e. The van der Waals surface area contributed by atoms with Crippen molar-refractivity contribution < 1.29 is 26.7 Å². The van der Waals surface area contributed by atoms with Crippen LogP contribution in [0.3, 0.4) is 0 Å². The average molecular weight is 412 g/mol. The van der Waals surface area contributed by atoms with E-state index in [0.29, 0.717) is 17.0 Å². The maximum atomic E-state index is 13.4. The van der Waals surface area contributed by atoms with Gasteiger partial charge in [-0.1, -0.05) is 0 Å². The van der Waals surface area contributed by atoms with Crippen molar-refractivity contribution in [2.24, 2.45) is 5.41 Å². The third kappa shape index (κ3) is 3.85. The molecule has 2 aromatic rings. The van der Waals surface area contributed by atoms with E-state index >= 15 is 0 Å². The molecule has 5 nitrogen and oxygen atoms in total. The maximum absolute atomic E-state index is 13.4. The Balaban J connectivity index is 1.38. The van der Waals surface area contributed by atoms with Crippen molar-refractivity contribution in [3.05, 3.63) is 42.1 Å². The minimum absolute atomic E-state index is 0.126. The third-order valence-corrected chi connectivity index (χ3v) is 5.58. The number of ketones is 1. The number of carbonyl (C=O) groups excluding carboxylic acids is 1. The molecule has 29 heavy (non-hydrogen) atoms. The summed E-state index contributed by atoms with van der Waals surface area (Å²) in [4.78, 5) is 23.9. The number of carbonyl (C=O) groups is 1. The lowest BCUT2D eigenvalue weighted by molar-refractivity contribution is -0.141. The number of Topliss-reactive ketones (excluding diaryl/α,β-unsaturated/α-hetero) is 1. The van der Waals surface area contributed by atoms with Gasteiger partial charge in [-0.3, -0.25) is 9.78 Å². The molecule has 2 fully saturated rings. The highest BCUT2D eigenvalue weighted by atomic mass is 19.4. The predicted octanol–water partition coefficient (Wildman–Crippen LogP) is 3.45. The summed E-state index contributed by atoms with van der Waals surface area (Å²) in [6, 6.07) is 3.14. The lowest BCUT2D eigenvalue weighted by Gasteiger charge is -2.10. The van der Waals surface area contributed by atoms with Gasteiger partial charge in [0.15, 0.2) is 0 Å². The second-order valence-corrected chi connectivity index (χ2v) is 7.59. The van der Waals surface area contributed by atoms with E-state index in [1.54, 1.807) is 6.07 Å². The smallest absolute Gasteiger partial charge is 0.307 e. The molecule has 1 spiro atoms. The molecule has 2 aromatic heterocycles. The van der Waals surface area contributed by atoms with Crippen LogP contribution >= 0.6 is 0 Å². The Morgan fingerprint density at radius 3 is 2.55 bits per heavy atom. The Morgan fingerprint density at radius 2 is 1.97 bits per heavy atom. The van der Waals surface area contributed by atoms with Gasteiger partial charge in [0, 0.05) is 36.8 Å². The molecular formula is C19H17F5N4O. The summed E-state index contributed by atoms with van der Waals surface area (Å²) in [5, 5.41) is 2.89. The van der Waals surface area contributed by atoms with Crippen LogP contribution in [0.2, 0.25) is 0 Å². The van der Waals surface area contributed by atoms with Crippen LogP contribution in [0.5, 0.6) is 0 Å². The molecule has 0 bridgehead atoms. The number of aryl methyl sites for hydroxylation is 1. The van der Waals surface area contributed by atoms with Crippen LogP contribution < -0.4 is 5.32 Å². The number of rotatable bonds is 5. The Labute approximate surface area is 162 Å². The van der Waals surface area contributed by atoms with Gasteiger partial charge in [0.05, 0.1) is 17.2 Å². The second-order valence-electron chi connectivity index (χ2n) is 7.59. The van der Waals surface area contributed by atoms with Gasteiger partial charge in [-0.25, -0.2) is 18.7 Å². The SMILES string of the molecule is O=C(CCc1cc(-c2ccc(C(F)(F)F)nc2)ncn1)[C@@H]1CC2(CN1)CC2(F)F. The molecule has 1 saturated heterocycles. The first-order valence-electron chi connectivity index (χ1n) is 9.08. The minimum atomic E-state index is -4.52. The summed E-state index contributed by atoms with van der Waals surface area (Å²) in [5.74, 6) is -2.84. The first-order valence-corrected chi connectivity index (χ1v) is 9.08. The third-order valence-electron chi connectivity index (χ3n) is 5.58. The fourth-order valence-corrected chi connectivity index (χ4v) is 3.71. The number of nitrogens with zero attached hydrogens (tertiary/aromatic N) is 3. The van der Waals surface area contributed by atoms with Crippen LogP contribution in [0.15, 0.2) is 30.7 Å². The van der Waals surface area contributed by atoms with Gasteiger partial charge in [0.25, 0.3) is 5.92 Å². The molecule has 1 saturated carbocycles. The zero-order valence-electron chi connectivity index (χ0n) is 15.1.